The van der Waals surface area contributed by atoms with E-state index in [0.717, 1.165) is 43.9 Å². The van der Waals surface area contributed by atoms with Gasteiger partial charge in [0, 0.05) is 38.6 Å². The number of nitrogens with two attached hydrogens (primary N) is 1. The van der Waals surface area contributed by atoms with Crippen LogP contribution < -0.4 is 11.1 Å². The summed E-state index contributed by atoms with van der Waals surface area (Å²) in [6.07, 6.45) is 11.9. The van der Waals surface area contributed by atoms with Gasteiger partial charge in [0.05, 0.1) is 36.0 Å². The van der Waals surface area contributed by atoms with Gasteiger partial charge in [0.25, 0.3) is 0 Å². The standard InChI is InChI=1S/C18H24N8O/c1-2-25-12-14(9-21-25)23-18-16(19)10-20-17(24-18)7-13-8-22-26(11-13)15-3-5-27-6-4-15/h8-12,15H,2-7,19H2,1H3,(H,20,23,24). The molecular formula is C18H24N8O. The molecule has 3 aromatic heterocycles. The molecule has 9 heteroatoms. The van der Waals surface area contributed by atoms with Crippen LogP contribution in [0.25, 0.3) is 0 Å². The van der Waals surface area contributed by atoms with Gasteiger partial charge in [-0.05, 0) is 25.3 Å². The first-order valence-corrected chi connectivity index (χ1v) is 9.23. The van der Waals surface area contributed by atoms with Crippen molar-refractivity contribution in [1.82, 2.24) is 29.5 Å². The van der Waals surface area contributed by atoms with E-state index in [-0.39, 0.29) is 0 Å². The van der Waals surface area contributed by atoms with Gasteiger partial charge < -0.3 is 15.8 Å². The molecule has 0 radical (unpaired) electrons. The van der Waals surface area contributed by atoms with E-state index in [0.29, 0.717) is 29.8 Å². The van der Waals surface area contributed by atoms with Crippen molar-refractivity contribution in [2.75, 3.05) is 24.3 Å². The first kappa shape index (κ1) is 17.5. The van der Waals surface area contributed by atoms with E-state index >= 15 is 0 Å². The average molecular weight is 368 g/mol. The predicted molar refractivity (Wildman–Crippen MR) is 102 cm³/mol. The lowest BCUT2D eigenvalue weighted by Crippen LogP contribution is -2.19. The number of nitrogens with zero attached hydrogens (tertiary/aromatic N) is 6. The number of nitrogen functional groups attached to an aromatic ring is 1. The van der Waals surface area contributed by atoms with Crippen molar-refractivity contribution in [1.29, 1.82) is 0 Å². The summed E-state index contributed by atoms with van der Waals surface area (Å²) in [5.41, 5.74) is 8.46. The van der Waals surface area contributed by atoms with Gasteiger partial charge in [0.15, 0.2) is 5.82 Å². The summed E-state index contributed by atoms with van der Waals surface area (Å²) in [7, 11) is 0. The van der Waals surface area contributed by atoms with Gasteiger partial charge in [0.2, 0.25) is 0 Å². The van der Waals surface area contributed by atoms with E-state index in [1.54, 1.807) is 12.4 Å². The third-order valence-electron chi connectivity index (χ3n) is 4.67. The molecule has 1 fully saturated rings. The summed E-state index contributed by atoms with van der Waals surface area (Å²) in [4.78, 5) is 8.94. The molecule has 0 unspecified atom stereocenters. The Balaban J connectivity index is 1.47. The van der Waals surface area contributed by atoms with E-state index in [1.807, 2.05) is 28.7 Å². The number of aryl methyl sites for hydroxylation is 1. The van der Waals surface area contributed by atoms with Gasteiger partial charge in [-0.25, -0.2) is 9.97 Å². The van der Waals surface area contributed by atoms with Crippen LogP contribution in [0.4, 0.5) is 17.2 Å². The minimum absolute atomic E-state index is 0.409. The van der Waals surface area contributed by atoms with Crippen molar-refractivity contribution >= 4 is 17.2 Å². The zero-order valence-corrected chi connectivity index (χ0v) is 15.4. The van der Waals surface area contributed by atoms with E-state index in [4.69, 9.17) is 10.5 Å². The monoisotopic (exact) mass is 368 g/mol. The quantitative estimate of drug-likeness (QED) is 0.686. The molecule has 0 aromatic carbocycles. The van der Waals surface area contributed by atoms with E-state index in [9.17, 15) is 0 Å². The summed E-state index contributed by atoms with van der Waals surface area (Å²) < 4.78 is 9.29. The lowest BCUT2D eigenvalue weighted by atomic mass is 10.1. The molecule has 4 rings (SSSR count). The van der Waals surface area contributed by atoms with Gasteiger partial charge in [-0.15, -0.1) is 0 Å². The second-order valence-electron chi connectivity index (χ2n) is 6.65. The summed E-state index contributed by atoms with van der Waals surface area (Å²) in [5, 5.41) is 12.0. The molecule has 1 aliphatic heterocycles. The average Bonchev–Trinajstić information content (AvgIpc) is 3.35. The minimum Gasteiger partial charge on any atom is -0.394 e. The van der Waals surface area contributed by atoms with E-state index < -0.39 is 0 Å². The van der Waals surface area contributed by atoms with Gasteiger partial charge in [0.1, 0.15) is 5.82 Å². The molecule has 4 heterocycles. The molecule has 1 aliphatic rings. The van der Waals surface area contributed by atoms with Gasteiger partial charge in [-0.3, -0.25) is 9.36 Å². The number of rotatable bonds is 6. The molecule has 0 aliphatic carbocycles. The van der Waals surface area contributed by atoms with E-state index in [1.165, 1.54) is 0 Å². The van der Waals surface area contributed by atoms with Crippen molar-refractivity contribution in [3.8, 4) is 0 Å². The summed E-state index contributed by atoms with van der Waals surface area (Å²) in [6, 6.07) is 0.409. The van der Waals surface area contributed by atoms with Crippen LogP contribution >= 0.6 is 0 Å². The fourth-order valence-corrected chi connectivity index (χ4v) is 3.15. The van der Waals surface area contributed by atoms with Crippen molar-refractivity contribution in [3.05, 3.63) is 42.4 Å². The molecule has 1 saturated heterocycles. The Hall–Kier alpha value is -2.94. The molecule has 0 bridgehead atoms. The number of hydrogen-bond donors (Lipinski definition) is 2. The van der Waals surface area contributed by atoms with E-state index in [2.05, 4.69) is 31.7 Å². The molecule has 3 N–H and O–H groups in total. The van der Waals surface area contributed by atoms with Crippen molar-refractivity contribution in [2.45, 2.75) is 38.8 Å². The summed E-state index contributed by atoms with van der Waals surface area (Å²) in [5.74, 6) is 1.29. The maximum atomic E-state index is 6.03. The lowest BCUT2D eigenvalue weighted by molar-refractivity contribution is 0.0662. The van der Waals surface area contributed by atoms with Gasteiger partial charge >= 0.3 is 0 Å². The third-order valence-corrected chi connectivity index (χ3v) is 4.67. The molecule has 0 saturated carbocycles. The summed E-state index contributed by atoms with van der Waals surface area (Å²) in [6.45, 7) is 4.44. The van der Waals surface area contributed by atoms with Crippen LogP contribution in [0.5, 0.6) is 0 Å². The number of ether oxygens (including phenoxy) is 1. The highest BCUT2D eigenvalue weighted by molar-refractivity contribution is 5.67. The second kappa shape index (κ2) is 7.75. The van der Waals surface area contributed by atoms with Crippen LogP contribution in [0.15, 0.2) is 31.0 Å². The van der Waals surface area contributed by atoms with Crippen LogP contribution in [-0.2, 0) is 17.7 Å². The Kier molecular flexibility index (Phi) is 5.01. The topological polar surface area (TPSA) is 109 Å². The molecule has 27 heavy (non-hydrogen) atoms. The Morgan fingerprint density at radius 1 is 1.19 bits per heavy atom. The Labute approximate surface area is 157 Å². The molecule has 0 atom stereocenters. The molecule has 0 amide bonds. The first-order chi connectivity index (χ1) is 13.2. The normalized spacial score (nSPS) is 15.1. The van der Waals surface area contributed by atoms with Gasteiger partial charge in [-0.1, -0.05) is 0 Å². The van der Waals surface area contributed by atoms with Crippen LogP contribution in [0, 0.1) is 0 Å². The lowest BCUT2D eigenvalue weighted by Gasteiger charge is -2.22. The predicted octanol–water partition coefficient (Wildman–Crippen LogP) is 2.16. The number of anilines is 3. The smallest absolute Gasteiger partial charge is 0.157 e. The second-order valence-corrected chi connectivity index (χ2v) is 6.65. The van der Waals surface area contributed by atoms with Crippen molar-refractivity contribution < 1.29 is 4.74 Å². The number of aromatic nitrogens is 6. The first-order valence-electron chi connectivity index (χ1n) is 9.23. The zero-order chi connectivity index (χ0) is 18.6. The fourth-order valence-electron chi connectivity index (χ4n) is 3.15. The Morgan fingerprint density at radius 3 is 2.81 bits per heavy atom. The molecule has 0 spiro atoms. The molecule has 142 valence electrons. The van der Waals surface area contributed by atoms with Crippen LogP contribution in [0.1, 0.15) is 37.2 Å². The fraction of sp³-hybridized carbons (Fsp3) is 0.444. The number of hydrogen-bond acceptors (Lipinski definition) is 7. The zero-order valence-electron chi connectivity index (χ0n) is 15.4. The highest BCUT2D eigenvalue weighted by atomic mass is 16.5. The van der Waals surface area contributed by atoms with Crippen molar-refractivity contribution in [3.63, 3.8) is 0 Å². The molecule has 3 aromatic rings. The van der Waals surface area contributed by atoms with Crippen LogP contribution in [0.2, 0.25) is 0 Å². The maximum Gasteiger partial charge on any atom is 0.157 e. The Bertz CT molecular complexity index is 896. The summed E-state index contributed by atoms with van der Waals surface area (Å²) >= 11 is 0. The van der Waals surface area contributed by atoms with Crippen LogP contribution in [0.3, 0.4) is 0 Å². The van der Waals surface area contributed by atoms with Crippen molar-refractivity contribution in [2.24, 2.45) is 0 Å². The Morgan fingerprint density at radius 2 is 2.04 bits per heavy atom. The third kappa shape index (κ3) is 4.08. The highest BCUT2D eigenvalue weighted by Crippen LogP contribution is 2.22. The largest absolute Gasteiger partial charge is 0.394 e. The SMILES string of the molecule is CCn1cc(Nc2nc(Cc3cnn(C4CCOCC4)c3)ncc2N)cn1. The minimum atomic E-state index is 0.409. The highest BCUT2D eigenvalue weighted by Gasteiger charge is 2.17. The van der Waals surface area contributed by atoms with Gasteiger partial charge in [-0.2, -0.15) is 10.2 Å². The molecular weight excluding hydrogens is 344 g/mol. The maximum absolute atomic E-state index is 6.03. The van der Waals surface area contributed by atoms with Crippen LogP contribution in [-0.4, -0.2) is 42.7 Å². The molecule has 9 nitrogen and oxygen atoms in total. The number of nitrogens with one attached hydrogen (secondary N) is 1.